The summed E-state index contributed by atoms with van der Waals surface area (Å²) in [6.07, 6.45) is 1.74. The second-order valence-electron chi connectivity index (χ2n) is 4.06. The number of pyridine rings is 1. The van der Waals surface area contributed by atoms with Gasteiger partial charge in [0.25, 0.3) is 0 Å². The van der Waals surface area contributed by atoms with Crippen LogP contribution in [0.2, 0.25) is 0 Å². The van der Waals surface area contributed by atoms with Crippen molar-refractivity contribution in [2.75, 3.05) is 0 Å². The zero-order valence-corrected chi connectivity index (χ0v) is 11.2. The fourth-order valence-corrected chi connectivity index (χ4v) is 2.28. The Balaban J connectivity index is 2.17. The highest BCUT2D eigenvalue weighted by atomic mass is 79.9. The van der Waals surface area contributed by atoms with Gasteiger partial charge in [-0.25, -0.2) is 0 Å². The van der Waals surface area contributed by atoms with Crippen LogP contribution in [0.3, 0.4) is 0 Å². The van der Waals surface area contributed by atoms with Crippen molar-refractivity contribution in [3.63, 3.8) is 0 Å². The van der Waals surface area contributed by atoms with Crippen LogP contribution >= 0.6 is 15.9 Å². The zero-order valence-electron chi connectivity index (χ0n) is 9.60. The van der Waals surface area contributed by atoms with Crippen molar-refractivity contribution in [3.05, 3.63) is 63.9 Å². The molecule has 0 aliphatic rings. The van der Waals surface area contributed by atoms with Crippen LogP contribution in [-0.2, 0) is 6.42 Å². The quantitative estimate of drug-likeness (QED) is 0.940. The first-order valence-electron chi connectivity index (χ1n) is 5.51. The summed E-state index contributed by atoms with van der Waals surface area (Å²) in [6, 6.07) is 11.8. The van der Waals surface area contributed by atoms with Gasteiger partial charge in [0.05, 0.1) is 5.69 Å². The van der Waals surface area contributed by atoms with Crippen molar-refractivity contribution in [1.82, 2.24) is 4.98 Å². The van der Waals surface area contributed by atoms with Crippen LogP contribution in [0.4, 0.5) is 0 Å². The number of aryl methyl sites for hydroxylation is 1. The van der Waals surface area contributed by atoms with Crippen LogP contribution in [0.15, 0.2) is 47.1 Å². The minimum absolute atomic E-state index is 0.550. The molecule has 1 heterocycles. The van der Waals surface area contributed by atoms with Crippen molar-refractivity contribution in [3.8, 4) is 0 Å². The molecule has 2 nitrogen and oxygen atoms in total. The Kier molecular flexibility index (Phi) is 3.92. The summed E-state index contributed by atoms with van der Waals surface area (Å²) in [7, 11) is 0. The van der Waals surface area contributed by atoms with Gasteiger partial charge in [-0.1, -0.05) is 34.1 Å². The van der Waals surface area contributed by atoms with Gasteiger partial charge in [-0.3, -0.25) is 4.98 Å². The van der Waals surface area contributed by atoms with Crippen LogP contribution in [0.5, 0.6) is 0 Å². The largest absolute Gasteiger partial charge is 0.386 e. The molecular formula is C14H14BrNO. The third-order valence-electron chi connectivity index (χ3n) is 2.68. The van der Waals surface area contributed by atoms with E-state index in [0.29, 0.717) is 6.42 Å². The summed E-state index contributed by atoms with van der Waals surface area (Å²) in [4.78, 5) is 4.24. The maximum absolute atomic E-state index is 10.2. The van der Waals surface area contributed by atoms with Crippen molar-refractivity contribution in [1.29, 1.82) is 0 Å². The molecule has 0 spiro atoms. The molecule has 1 atom stereocenters. The molecule has 0 aliphatic carbocycles. The first-order valence-corrected chi connectivity index (χ1v) is 6.30. The Labute approximate surface area is 109 Å². The Bertz CT molecular complexity index is 513. The number of hydrogen-bond donors (Lipinski definition) is 1. The zero-order chi connectivity index (χ0) is 12.3. The number of aliphatic hydroxyl groups excluding tert-OH is 1. The molecule has 17 heavy (non-hydrogen) atoms. The molecule has 1 unspecified atom stereocenters. The monoisotopic (exact) mass is 291 g/mol. The summed E-state index contributed by atoms with van der Waals surface area (Å²) in [5, 5.41) is 10.2. The highest BCUT2D eigenvalue weighted by molar-refractivity contribution is 9.10. The van der Waals surface area contributed by atoms with Crippen LogP contribution in [0, 0.1) is 6.92 Å². The Hall–Kier alpha value is -1.19. The van der Waals surface area contributed by atoms with Gasteiger partial charge in [0.1, 0.15) is 6.10 Å². The van der Waals surface area contributed by atoms with Gasteiger partial charge < -0.3 is 5.11 Å². The molecular weight excluding hydrogens is 278 g/mol. The molecule has 1 aromatic carbocycles. The summed E-state index contributed by atoms with van der Waals surface area (Å²) >= 11 is 3.43. The lowest BCUT2D eigenvalue weighted by atomic mass is 10.0. The SMILES string of the molecule is Cc1cccnc1C(O)Cc1cccc(Br)c1. The fourth-order valence-electron chi connectivity index (χ4n) is 1.83. The van der Waals surface area contributed by atoms with E-state index in [4.69, 9.17) is 0 Å². The summed E-state index contributed by atoms with van der Waals surface area (Å²) < 4.78 is 1.03. The lowest BCUT2D eigenvalue weighted by Gasteiger charge is -2.12. The Morgan fingerprint density at radius 1 is 1.29 bits per heavy atom. The Morgan fingerprint density at radius 3 is 2.82 bits per heavy atom. The molecule has 0 aliphatic heterocycles. The maximum Gasteiger partial charge on any atom is 0.100 e. The van der Waals surface area contributed by atoms with Gasteiger partial charge in [-0.2, -0.15) is 0 Å². The van der Waals surface area contributed by atoms with Gasteiger partial charge in [0, 0.05) is 17.1 Å². The fraction of sp³-hybridized carbons (Fsp3) is 0.214. The molecule has 1 N–H and O–H groups in total. The number of rotatable bonds is 3. The van der Waals surface area contributed by atoms with Gasteiger partial charge in [-0.15, -0.1) is 0 Å². The first kappa shape index (κ1) is 12.3. The molecule has 2 aromatic rings. The lowest BCUT2D eigenvalue weighted by Crippen LogP contribution is -2.06. The number of benzene rings is 1. The van der Waals surface area contributed by atoms with Crippen molar-refractivity contribution in [2.24, 2.45) is 0 Å². The van der Waals surface area contributed by atoms with Crippen molar-refractivity contribution >= 4 is 15.9 Å². The highest BCUT2D eigenvalue weighted by Crippen LogP contribution is 2.21. The van der Waals surface area contributed by atoms with Gasteiger partial charge >= 0.3 is 0 Å². The molecule has 0 amide bonds. The molecule has 3 heteroatoms. The number of hydrogen-bond acceptors (Lipinski definition) is 2. The molecule has 0 radical (unpaired) electrons. The smallest absolute Gasteiger partial charge is 0.100 e. The first-order chi connectivity index (χ1) is 8.16. The predicted octanol–water partition coefficient (Wildman–Crippen LogP) is 3.43. The van der Waals surface area contributed by atoms with E-state index in [9.17, 15) is 5.11 Å². The third-order valence-corrected chi connectivity index (χ3v) is 3.18. The van der Waals surface area contributed by atoms with E-state index < -0.39 is 6.10 Å². The minimum atomic E-state index is -0.550. The molecule has 0 bridgehead atoms. The predicted molar refractivity (Wildman–Crippen MR) is 71.8 cm³/mol. The van der Waals surface area contributed by atoms with E-state index in [-0.39, 0.29) is 0 Å². The van der Waals surface area contributed by atoms with Crippen molar-refractivity contribution in [2.45, 2.75) is 19.4 Å². The standard InChI is InChI=1S/C14H14BrNO/c1-10-4-3-7-16-14(10)13(17)9-11-5-2-6-12(15)8-11/h2-8,13,17H,9H2,1H3. The average molecular weight is 292 g/mol. The van der Waals surface area contributed by atoms with Gasteiger partial charge in [-0.05, 0) is 36.2 Å². The Morgan fingerprint density at radius 2 is 2.12 bits per heavy atom. The van der Waals surface area contributed by atoms with E-state index in [0.717, 1.165) is 21.3 Å². The average Bonchev–Trinajstić information content (AvgIpc) is 2.29. The normalized spacial score (nSPS) is 12.4. The van der Waals surface area contributed by atoms with Crippen LogP contribution in [-0.4, -0.2) is 10.1 Å². The molecule has 0 saturated carbocycles. The molecule has 1 aromatic heterocycles. The topological polar surface area (TPSA) is 33.1 Å². The van der Waals surface area contributed by atoms with E-state index in [1.807, 2.05) is 43.3 Å². The number of halogens is 1. The van der Waals surface area contributed by atoms with E-state index >= 15 is 0 Å². The third kappa shape index (κ3) is 3.14. The summed E-state index contributed by atoms with van der Waals surface area (Å²) in [5.74, 6) is 0. The molecule has 2 rings (SSSR count). The van der Waals surface area contributed by atoms with Crippen LogP contribution < -0.4 is 0 Å². The van der Waals surface area contributed by atoms with E-state index in [1.165, 1.54) is 0 Å². The number of aliphatic hydroxyl groups is 1. The van der Waals surface area contributed by atoms with Gasteiger partial charge in [0.2, 0.25) is 0 Å². The van der Waals surface area contributed by atoms with Crippen molar-refractivity contribution < 1.29 is 5.11 Å². The number of nitrogens with zero attached hydrogens (tertiary/aromatic N) is 1. The highest BCUT2D eigenvalue weighted by Gasteiger charge is 2.12. The maximum atomic E-state index is 10.2. The minimum Gasteiger partial charge on any atom is -0.386 e. The summed E-state index contributed by atoms with van der Waals surface area (Å²) in [6.45, 7) is 1.96. The van der Waals surface area contributed by atoms with Crippen LogP contribution in [0.25, 0.3) is 0 Å². The molecule has 0 fully saturated rings. The van der Waals surface area contributed by atoms with E-state index in [1.54, 1.807) is 6.20 Å². The summed E-state index contributed by atoms with van der Waals surface area (Å²) in [5.41, 5.74) is 2.87. The lowest BCUT2D eigenvalue weighted by molar-refractivity contribution is 0.173. The van der Waals surface area contributed by atoms with E-state index in [2.05, 4.69) is 20.9 Å². The second-order valence-corrected chi connectivity index (χ2v) is 4.97. The van der Waals surface area contributed by atoms with Gasteiger partial charge in [0.15, 0.2) is 0 Å². The number of aromatic nitrogens is 1. The second kappa shape index (κ2) is 5.43. The van der Waals surface area contributed by atoms with Crippen LogP contribution in [0.1, 0.15) is 22.9 Å². The molecule has 0 saturated heterocycles. The molecule has 88 valence electrons.